The summed E-state index contributed by atoms with van der Waals surface area (Å²) in [6.45, 7) is 1.34. The van der Waals surface area contributed by atoms with Gasteiger partial charge in [0.25, 0.3) is 5.91 Å². The number of amides is 4. The lowest BCUT2D eigenvalue weighted by Gasteiger charge is -2.22. The molecule has 2 aromatic carbocycles. The van der Waals surface area contributed by atoms with Crippen molar-refractivity contribution in [1.82, 2.24) is 10.2 Å². The molecule has 2 aliphatic rings. The summed E-state index contributed by atoms with van der Waals surface area (Å²) in [5.41, 5.74) is 0.0195. The van der Waals surface area contributed by atoms with Crippen molar-refractivity contribution in [3.63, 3.8) is 0 Å². The fraction of sp³-hybridized carbons (Fsp3) is 0.318. The van der Waals surface area contributed by atoms with Crippen LogP contribution in [0.4, 0.5) is 10.5 Å². The minimum Gasteiger partial charge on any atom is -0.497 e. The van der Waals surface area contributed by atoms with Crippen LogP contribution in [-0.2, 0) is 16.0 Å². The Balaban J connectivity index is 1.44. The number of rotatable bonds is 7. The van der Waals surface area contributed by atoms with E-state index in [1.165, 1.54) is 14.2 Å². The van der Waals surface area contributed by atoms with Gasteiger partial charge >= 0.3 is 6.03 Å². The maximum Gasteiger partial charge on any atom is 0.325 e. The molecule has 2 aromatic rings. The number of carbonyl (C=O) groups excluding carboxylic acids is 3. The van der Waals surface area contributed by atoms with Gasteiger partial charge in [-0.05, 0) is 24.6 Å². The summed E-state index contributed by atoms with van der Waals surface area (Å²) >= 11 is 0. The molecule has 0 bridgehead atoms. The first-order valence-corrected chi connectivity index (χ1v) is 9.87. The van der Waals surface area contributed by atoms with E-state index in [0.29, 0.717) is 28.7 Å². The average Bonchev–Trinajstić information content (AvgIpc) is 3.31. The molecule has 0 aromatic heterocycles. The van der Waals surface area contributed by atoms with Gasteiger partial charge in [-0.2, -0.15) is 0 Å². The van der Waals surface area contributed by atoms with Crippen LogP contribution in [0.25, 0.3) is 0 Å². The Hall–Kier alpha value is -3.95. The van der Waals surface area contributed by atoms with Gasteiger partial charge in [0, 0.05) is 30.3 Å². The second-order valence-electron chi connectivity index (χ2n) is 7.67. The molecule has 1 saturated heterocycles. The first-order valence-electron chi connectivity index (χ1n) is 9.87. The number of fused-ring (bicyclic) bond motifs is 1. The van der Waals surface area contributed by atoms with Crippen LogP contribution in [0.15, 0.2) is 36.4 Å². The van der Waals surface area contributed by atoms with E-state index in [0.717, 1.165) is 10.5 Å². The Labute approximate surface area is 184 Å². The summed E-state index contributed by atoms with van der Waals surface area (Å²) in [5.74, 6) is 1.19. The average molecular weight is 441 g/mol. The van der Waals surface area contributed by atoms with Crippen LogP contribution in [-0.4, -0.2) is 55.8 Å². The number of nitrogens with zero attached hydrogens (tertiary/aromatic N) is 1. The van der Waals surface area contributed by atoms with Gasteiger partial charge in [-0.3, -0.25) is 14.5 Å². The topological polar surface area (TPSA) is 115 Å². The number of hydrogen-bond acceptors (Lipinski definition) is 7. The van der Waals surface area contributed by atoms with E-state index in [-0.39, 0.29) is 13.2 Å². The summed E-state index contributed by atoms with van der Waals surface area (Å²) in [5, 5.41) is 5.36. The van der Waals surface area contributed by atoms with E-state index in [4.69, 9.17) is 18.9 Å². The highest BCUT2D eigenvalue weighted by Gasteiger charge is 2.48. The van der Waals surface area contributed by atoms with Crippen molar-refractivity contribution in [3.05, 3.63) is 42.0 Å². The molecular weight excluding hydrogens is 418 g/mol. The minimum absolute atomic E-state index is 0.147. The number of urea groups is 1. The smallest absolute Gasteiger partial charge is 0.325 e. The predicted octanol–water partition coefficient (Wildman–Crippen LogP) is 1.92. The van der Waals surface area contributed by atoms with E-state index in [2.05, 4.69) is 10.6 Å². The molecular formula is C22H23N3O7. The lowest BCUT2D eigenvalue weighted by Crippen LogP contribution is -2.46. The Morgan fingerprint density at radius 2 is 1.78 bits per heavy atom. The highest BCUT2D eigenvalue weighted by Crippen LogP contribution is 2.34. The van der Waals surface area contributed by atoms with Crippen LogP contribution in [0.3, 0.4) is 0 Å². The van der Waals surface area contributed by atoms with Gasteiger partial charge in [0.15, 0.2) is 11.5 Å². The molecule has 0 saturated carbocycles. The standard InChI is InChI=1S/C22H23N3O7/c1-22(10-13-4-5-17-18(6-13)32-12-31-17)20(27)25(21(28)24-22)11-19(26)23-14-7-15(29-2)9-16(8-14)30-3/h4-9H,10-12H2,1-3H3,(H,23,26)(H,24,28). The Morgan fingerprint density at radius 3 is 2.47 bits per heavy atom. The number of benzene rings is 2. The highest BCUT2D eigenvalue weighted by atomic mass is 16.7. The van der Waals surface area contributed by atoms with Crippen molar-refractivity contribution in [2.24, 2.45) is 0 Å². The molecule has 4 amide bonds. The second-order valence-corrected chi connectivity index (χ2v) is 7.67. The lowest BCUT2D eigenvalue weighted by molar-refractivity contribution is -0.133. The van der Waals surface area contributed by atoms with Crippen LogP contribution in [0.5, 0.6) is 23.0 Å². The quantitative estimate of drug-likeness (QED) is 0.631. The molecule has 0 spiro atoms. The third kappa shape index (κ3) is 4.11. The number of methoxy groups -OCH3 is 2. The van der Waals surface area contributed by atoms with Gasteiger partial charge in [0.2, 0.25) is 12.7 Å². The first-order chi connectivity index (χ1) is 15.3. The Morgan fingerprint density at radius 1 is 1.09 bits per heavy atom. The number of nitrogens with one attached hydrogen (secondary N) is 2. The molecule has 2 N–H and O–H groups in total. The van der Waals surface area contributed by atoms with Gasteiger partial charge in [-0.15, -0.1) is 0 Å². The van der Waals surface area contributed by atoms with Crippen LogP contribution >= 0.6 is 0 Å². The Kier molecular flexibility index (Phi) is 5.52. The SMILES string of the molecule is COc1cc(NC(=O)CN2C(=O)NC(C)(Cc3ccc4c(c3)OCO4)C2=O)cc(OC)c1. The third-order valence-electron chi connectivity index (χ3n) is 5.28. The van der Waals surface area contributed by atoms with Gasteiger partial charge in [-0.1, -0.05) is 6.07 Å². The minimum atomic E-state index is -1.19. The first kappa shape index (κ1) is 21.3. The zero-order chi connectivity index (χ0) is 22.9. The lowest BCUT2D eigenvalue weighted by atomic mass is 9.92. The second kappa shape index (κ2) is 8.29. The molecule has 1 atom stereocenters. The van der Waals surface area contributed by atoms with Crippen molar-refractivity contribution in [3.8, 4) is 23.0 Å². The predicted molar refractivity (Wildman–Crippen MR) is 113 cm³/mol. The highest BCUT2D eigenvalue weighted by molar-refractivity contribution is 6.10. The van der Waals surface area contributed by atoms with Crippen LogP contribution in [0.2, 0.25) is 0 Å². The van der Waals surface area contributed by atoms with Gasteiger partial charge in [0.1, 0.15) is 23.6 Å². The molecule has 1 fully saturated rings. The molecule has 0 aliphatic carbocycles. The molecule has 2 heterocycles. The van der Waals surface area contributed by atoms with E-state index in [1.54, 1.807) is 37.3 Å². The summed E-state index contributed by atoms with van der Waals surface area (Å²) < 4.78 is 21.0. The molecule has 1 unspecified atom stereocenters. The van der Waals surface area contributed by atoms with E-state index in [1.807, 2.05) is 6.07 Å². The maximum absolute atomic E-state index is 13.0. The normalized spacial score (nSPS) is 19.0. The summed E-state index contributed by atoms with van der Waals surface area (Å²) in [6.07, 6.45) is 0.236. The van der Waals surface area contributed by atoms with Crippen molar-refractivity contribution in [2.75, 3.05) is 32.9 Å². The van der Waals surface area contributed by atoms with Crippen molar-refractivity contribution < 1.29 is 33.3 Å². The molecule has 10 heteroatoms. The fourth-order valence-corrected chi connectivity index (χ4v) is 3.69. The zero-order valence-corrected chi connectivity index (χ0v) is 17.9. The molecule has 168 valence electrons. The number of carbonyl (C=O) groups is 3. The Bertz CT molecular complexity index is 1060. The van der Waals surface area contributed by atoms with Crippen molar-refractivity contribution >= 4 is 23.5 Å². The van der Waals surface area contributed by atoms with Crippen LogP contribution < -0.4 is 29.6 Å². The molecule has 0 radical (unpaired) electrons. The van der Waals surface area contributed by atoms with Gasteiger partial charge < -0.3 is 29.6 Å². The largest absolute Gasteiger partial charge is 0.497 e. The van der Waals surface area contributed by atoms with E-state index < -0.39 is 29.9 Å². The van der Waals surface area contributed by atoms with Crippen molar-refractivity contribution in [1.29, 1.82) is 0 Å². The number of anilines is 1. The summed E-state index contributed by atoms with van der Waals surface area (Å²) in [6, 6.07) is 9.59. The molecule has 4 rings (SSSR count). The van der Waals surface area contributed by atoms with Crippen LogP contribution in [0, 0.1) is 0 Å². The monoisotopic (exact) mass is 441 g/mol. The molecule has 32 heavy (non-hydrogen) atoms. The zero-order valence-electron chi connectivity index (χ0n) is 17.9. The molecule has 10 nitrogen and oxygen atoms in total. The van der Waals surface area contributed by atoms with Gasteiger partial charge in [0.05, 0.1) is 14.2 Å². The fourth-order valence-electron chi connectivity index (χ4n) is 3.69. The van der Waals surface area contributed by atoms with Crippen molar-refractivity contribution in [2.45, 2.75) is 18.9 Å². The number of hydrogen-bond donors (Lipinski definition) is 2. The number of imide groups is 1. The van der Waals surface area contributed by atoms with E-state index >= 15 is 0 Å². The maximum atomic E-state index is 13.0. The summed E-state index contributed by atoms with van der Waals surface area (Å²) in [4.78, 5) is 39.0. The number of ether oxygens (including phenoxy) is 4. The van der Waals surface area contributed by atoms with E-state index in [9.17, 15) is 14.4 Å². The third-order valence-corrected chi connectivity index (χ3v) is 5.28. The van der Waals surface area contributed by atoms with Gasteiger partial charge in [-0.25, -0.2) is 4.79 Å². The molecule has 2 aliphatic heterocycles. The van der Waals surface area contributed by atoms with Crippen LogP contribution in [0.1, 0.15) is 12.5 Å². The summed E-state index contributed by atoms with van der Waals surface area (Å²) in [7, 11) is 2.99.